The Morgan fingerprint density at radius 1 is 1.78 bits per heavy atom. The van der Waals surface area contributed by atoms with Crippen LogP contribution in [0.3, 0.4) is 0 Å². The first-order chi connectivity index (χ1) is 4.16. The lowest BCUT2D eigenvalue weighted by Crippen LogP contribution is -2.05. The molecule has 0 amide bonds. The fourth-order valence-corrected chi connectivity index (χ4v) is 0.360. The molecule has 0 aliphatic heterocycles. The highest BCUT2D eigenvalue weighted by atomic mass is 127. The number of rotatable bonds is 1. The molecule has 0 saturated carbocycles. The Hall–Kier alpha value is -0.390. The van der Waals surface area contributed by atoms with Crippen LogP contribution in [0, 0.1) is 5.41 Å². The summed E-state index contributed by atoms with van der Waals surface area (Å²) in [4.78, 5) is 3.56. The molecule has 0 aliphatic carbocycles. The third kappa shape index (κ3) is 5.48. The molecule has 3 nitrogen and oxygen atoms in total. The molecule has 0 atom stereocenters. The zero-order valence-electron chi connectivity index (χ0n) is 5.06. The summed E-state index contributed by atoms with van der Waals surface area (Å²) in [5, 5.41) is 6.71. The Morgan fingerprint density at radius 2 is 2.33 bits per heavy atom. The molecular weight excluding hydrogens is 229 g/mol. The Bertz CT molecular complexity index is 160. The minimum absolute atomic E-state index is 0.160. The number of hydrogen-bond donors (Lipinski definition) is 2. The second-order valence-corrected chi connectivity index (χ2v) is 2.12. The molecule has 0 rings (SSSR count). The average Bonchev–Trinajstić information content (AvgIpc) is 1.83. The molecule has 0 aromatic rings. The van der Waals surface area contributed by atoms with Gasteiger partial charge in [-0.2, -0.15) is 0 Å². The molecule has 50 valence electrons. The number of nitrogens with zero attached hydrogens (tertiary/aromatic N) is 1. The highest BCUT2D eigenvalue weighted by molar-refractivity contribution is 14.1. The number of aliphatic imine (C=N–C) groups is 1. The smallest absolute Gasteiger partial charge is 0.212 e. The van der Waals surface area contributed by atoms with Gasteiger partial charge in [-0.15, -0.1) is 0 Å². The maximum atomic E-state index is 6.71. The molecule has 0 aromatic carbocycles. The Morgan fingerprint density at radius 3 is 2.67 bits per heavy atom. The second kappa shape index (κ2) is 4.49. The number of nitrogens with one attached hydrogen (secondary N) is 1. The monoisotopic (exact) mass is 237 g/mol. The van der Waals surface area contributed by atoms with E-state index in [1.165, 1.54) is 0 Å². The summed E-state index contributed by atoms with van der Waals surface area (Å²) in [5.74, 6) is -0.160. The molecule has 3 N–H and O–H groups in total. The number of guanidine groups is 1. The van der Waals surface area contributed by atoms with Gasteiger partial charge in [0.15, 0.2) is 0 Å². The van der Waals surface area contributed by atoms with Crippen molar-refractivity contribution in [2.24, 2.45) is 10.7 Å². The molecule has 0 saturated heterocycles. The Labute approximate surface area is 67.7 Å². The minimum atomic E-state index is -0.160. The van der Waals surface area contributed by atoms with Crippen LogP contribution in [0.2, 0.25) is 0 Å². The molecule has 4 heteroatoms. The first-order valence-electron chi connectivity index (χ1n) is 2.32. The molecule has 0 unspecified atom stereocenters. The van der Waals surface area contributed by atoms with Gasteiger partial charge >= 0.3 is 0 Å². The highest BCUT2D eigenvalue weighted by Gasteiger charge is 1.79. The quantitative estimate of drug-likeness (QED) is 0.403. The van der Waals surface area contributed by atoms with E-state index in [4.69, 9.17) is 11.1 Å². The van der Waals surface area contributed by atoms with Gasteiger partial charge in [-0.1, -0.05) is 22.6 Å². The van der Waals surface area contributed by atoms with Gasteiger partial charge in [-0.05, 0) is 16.6 Å². The van der Waals surface area contributed by atoms with Crippen LogP contribution in [-0.2, 0) is 0 Å². The van der Waals surface area contributed by atoms with Crippen molar-refractivity contribution in [3.63, 3.8) is 0 Å². The first-order valence-corrected chi connectivity index (χ1v) is 3.56. The molecule has 0 aromatic heterocycles. The van der Waals surface area contributed by atoms with E-state index in [0.717, 1.165) is 5.57 Å². The van der Waals surface area contributed by atoms with Crippen molar-refractivity contribution < 1.29 is 0 Å². The van der Waals surface area contributed by atoms with E-state index in [2.05, 4.69) is 27.6 Å². The normalized spacial score (nSPS) is 12.4. The molecule has 0 fully saturated rings. The number of allylic oxidation sites excluding steroid dienone is 1. The number of halogens is 1. The average molecular weight is 237 g/mol. The fourth-order valence-electron chi connectivity index (χ4n) is 0.200. The van der Waals surface area contributed by atoms with E-state index in [-0.39, 0.29) is 5.96 Å². The maximum Gasteiger partial charge on any atom is 0.212 e. The first kappa shape index (κ1) is 8.61. The fraction of sp³-hybridized carbons (Fsp3) is 0.200. The van der Waals surface area contributed by atoms with Crippen molar-refractivity contribution in [3.05, 3.63) is 9.66 Å². The lowest BCUT2D eigenvalue weighted by molar-refractivity contribution is 1.38. The van der Waals surface area contributed by atoms with Crippen molar-refractivity contribution in [1.82, 2.24) is 0 Å². The van der Waals surface area contributed by atoms with E-state index in [0.29, 0.717) is 0 Å². The van der Waals surface area contributed by atoms with Gasteiger partial charge in [-0.3, -0.25) is 5.41 Å². The standard InChI is InChI=1S/C5H8IN3/c1-4(2-6)3-9-5(7)8/h2-3H,1H3,(H3,7,8)/b4-2-,9-3?. The summed E-state index contributed by atoms with van der Waals surface area (Å²) in [7, 11) is 0. The van der Waals surface area contributed by atoms with Gasteiger partial charge in [0.2, 0.25) is 5.96 Å². The van der Waals surface area contributed by atoms with Gasteiger partial charge in [0.1, 0.15) is 0 Å². The summed E-state index contributed by atoms with van der Waals surface area (Å²) < 4.78 is 1.87. The van der Waals surface area contributed by atoms with E-state index in [1.807, 2.05) is 11.0 Å². The predicted molar refractivity (Wildman–Crippen MR) is 48.2 cm³/mol. The predicted octanol–water partition coefficient (Wildman–Crippen LogP) is 1.29. The van der Waals surface area contributed by atoms with Gasteiger partial charge < -0.3 is 5.73 Å². The van der Waals surface area contributed by atoms with Gasteiger partial charge in [0, 0.05) is 6.21 Å². The van der Waals surface area contributed by atoms with Gasteiger partial charge in [-0.25, -0.2) is 4.99 Å². The van der Waals surface area contributed by atoms with Crippen LogP contribution in [0.15, 0.2) is 14.6 Å². The van der Waals surface area contributed by atoms with E-state index in [9.17, 15) is 0 Å². The maximum absolute atomic E-state index is 6.71. The van der Waals surface area contributed by atoms with Crippen LogP contribution < -0.4 is 5.73 Å². The zero-order valence-corrected chi connectivity index (χ0v) is 7.21. The number of nitrogens with two attached hydrogens (primary N) is 1. The van der Waals surface area contributed by atoms with E-state index < -0.39 is 0 Å². The molecule has 9 heavy (non-hydrogen) atoms. The van der Waals surface area contributed by atoms with Crippen LogP contribution in [-0.4, -0.2) is 12.2 Å². The summed E-state index contributed by atoms with van der Waals surface area (Å²) in [5.41, 5.74) is 5.94. The van der Waals surface area contributed by atoms with E-state index in [1.54, 1.807) is 6.21 Å². The van der Waals surface area contributed by atoms with Crippen molar-refractivity contribution in [2.75, 3.05) is 0 Å². The Kier molecular flexibility index (Phi) is 4.29. The third-order valence-corrected chi connectivity index (χ3v) is 1.56. The van der Waals surface area contributed by atoms with Gasteiger partial charge in [0.25, 0.3) is 0 Å². The summed E-state index contributed by atoms with van der Waals surface area (Å²) in [6.45, 7) is 1.89. The topological polar surface area (TPSA) is 62.2 Å². The van der Waals surface area contributed by atoms with Crippen molar-refractivity contribution >= 4 is 34.8 Å². The lowest BCUT2D eigenvalue weighted by Gasteiger charge is -1.84. The Balaban J connectivity index is 3.86. The van der Waals surface area contributed by atoms with Crippen LogP contribution in [0.5, 0.6) is 0 Å². The molecule has 0 spiro atoms. The van der Waals surface area contributed by atoms with Crippen LogP contribution in [0.4, 0.5) is 0 Å². The molecule has 0 bridgehead atoms. The lowest BCUT2D eigenvalue weighted by atomic mass is 10.4. The largest absolute Gasteiger partial charge is 0.368 e. The second-order valence-electron chi connectivity index (χ2n) is 1.50. The van der Waals surface area contributed by atoms with E-state index >= 15 is 0 Å². The van der Waals surface area contributed by atoms with Crippen LogP contribution in [0.1, 0.15) is 6.92 Å². The summed E-state index contributed by atoms with van der Waals surface area (Å²) >= 11 is 2.10. The SMILES string of the molecule is C/C(C=NC(=N)N)=C/I. The third-order valence-electron chi connectivity index (χ3n) is 0.579. The molecule has 0 heterocycles. The minimum Gasteiger partial charge on any atom is -0.368 e. The number of hydrogen-bond acceptors (Lipinski definition) is 1. The van der Waals surface area contributed by atoms with Crippen molar-refractivity contribution in [2.45, 2.75) is 6.92 Å². The summed E-state index contributed by atoms with van der Waals surface area (Å²) in [6.07, 6.45) is 1.55. The molecule has 0 aliphatic rings. The highest BCUT2D eigenvalue weighted by Crippen LogP contribution is 1.92. The molecule has 0 radical (unpaired) electrons. The van der Waals surface area contributed by atoms with Crippen LogP contribution >= 0.6 is 22.6 Å². The summed E-state index contributed by atoms with van der Waals surface area (Å²) in [6, 6.07) is 0. The van der Waals surface area contributed by atoms with Crippen molar-refractivity contribution in [1.29, 1.82) is 5.41 Å². The van der Waals surface area contributed by atoms with Crippen molar-refractivity contribution in [3.8, 4) is 0 Å². The van der Waals surface area contributed by atoms with Crippen LogP contribution in [0.25, 0.3) is 0 Å². The van der Waals surface area contributed by atoms with Gasteiger partial charge in [0.05, 0.1) is 0 Å². The molecular formula is C5H8IN3. The zero-order chi connectivity index (χ0) is 7.28.